The maximum absolute atomic E-state index is 13.8. The van der Waals surface area contributed by atoms with E-state index in [0.29, 0.717) is 35.6 Å². The first-order valence-electron chi connectivity index (χ1n) is 11.6. The summed E-state index contributed by atoms with van der Waals surface area (Å²) in [4.78, 5) is 30.7. The summed E-state index contributed by atoms with van der Waals surface area (Å²) in [5.41, 5.74) is 5.27. The van der Waals surface area contributed by atoms with Crippen molar-refractivity contribution in [2.24, 2.45) is 0 Å². The molecule has 3 aromatic rings. The molecule has 5 rings (SSSR count). The third-order valence-electron chi connectivity index (χ3n) is 6.63. The Labute approximate surface area is 199 Å². The van der Waals surface area contributed by atoms with Gasteiger partial charge in [-0.3, -0.25) is 9.59 Å². The zero-order chi connectivity index (χ0) is 24.0. The van der Waals surface area contributed by atoms with Gasteiger partial charge in [-0.1, -0.05) is 69.3 Å². The summed E-state index contributed by atoms with van der Waals surface area (Å²) in [5.74, 6) is -1.11. The highest BCUT2D eigenvalue weighted by Gasteiger charge is 2.43. The van der Waals surface area contributed by atoms with Crippen LogP contribution in [0, 0.1) is 5.82 Å². The summed E-state index contributed by atoms with van der Waals surface area (Å²) in [6, 6.07) is 21.5. The monoisotopic (exact) mass is 454 g/mol. The lowest BCUT2D eigenvalue weighted by Crippen LogP contribution is -2.37. The zero-order valence-corrected chi connectivity index (χ0v) is 19.6. The molecule has 4 nitrogen and oxygen atoms in total. The fourth-order valence-electron chi connectivity index (χ4n) is 4.72. The number of carbonyl (C=O) groups is 2. The van der Waals surface area contributed by atoms with Crippen LogP contribution in [0.15, 0.2) is 78.5 Å². The summed E-state index contributed by atoms with van der Waals surface area (Å²) < 4.78 is 13.7. The van der Waals surface area contributed by atoms with Gasteiger partial charge in [0, 0.05) is 13.1 Å². The number of nitrogens with zero attached hydrogens (tertiary/aromatic N) is 2. The van der Waals surface area contributed by atoms with Crippen LogP contribution in [0.25, 0.3) is 5.57 Å². The van der Waals surface area contributed by atoms with E-state index >= 15 is 0 Å². The molecule has 0 atom stereocenters. The van der Waals surface area contributed by atoms with E-state index in [0.717, 1.165) is 17.5 Å². The Kier molecular flexibility index (Phi) is 5.35. The lowest BCUT2D eigenvalue weighted by atomic mass is 9.87. The van der Waals surface area contributed by atoms with E-state index in [1.165, 1.54) is 22.6 Å². The van der Waals surface area contributed by atoms with Gasteiger partial charge in [0.15, 0.2) is 0 Å². The highest BCUT2D eigenvalue weighted by Crippen LogP contribution is 2.37. The maximum atomic E-state index is 13.8. The average molecular weight is 455 g/mol. The number of anilines is 1. The van der Waals surface area contributed by atoms with E-state index < -0.39 is 0 Å². The molecule has 0 fully saturated rings. The van der Waals surface area contributed by atoms with E-state index in [2.05, 4.69) is 32.9 Å². The van der Waals surface area contributed by atoms with Gasteiger partial charge in [0.2, 0.25) is 0 Å². The topological polar surface area (TPSA) is 40.6 Å². The van der Waals surface area contributed by atoms with Crippen molar-refractivity contribution >= 4 is 23.1 Å². The van der Waals surface area contributed by atoms with Crippen LogP contribution in [-0.4, -0.2) is 23.3 Å². The van der Waals surface area contributed by atoms with Gasteiger partial charge in [0.1, 0.15) is 11.5 Å². The molecule has 2 heterocycles. The SMILES string of the molecule is CC(C)(C)c1ccc(N2C(=O)C(c3ccc(F)cc3)=C(N3CCc4ccccc4C3)C2=O)cc1. The zero-order valence-electron chi connectivity index (χ0n) is 19.6. The Hall–Kier alpha value is -3.73. The van der Waals surface area contributed by atoms with Crippen molar-refractivity contribution in [1.82, 2.24) is 4.90 Å². The third-order valence-corrected chi connectivity index (χ3v) is 6.63. The van der Waals surface area contributed by atoms with Gasteiger partial charge in [0.25, 0.3) is 11.8 Å². The van der Waals surface area contributed by atoms with Crippen LogP contribution in [-0.2, 0) is 28.0 Å². The van der Waals surface area contributed by atoms with Crippen molar-refractivity contribution in [2.75, 3.05) is 11.4 Å². The predicted molar refractivity (Wildman–Crippen MR) is 132 cm³/mol. The summed E-state index contributed by atoms with van der Waals surface area (Å²) >= 11 is 0. The number of hydrogen-bond donors (Lipinski definition) is 0. The van der Waals surface area contributed by atoms with Crippen molar-refractivity contribution in [2.45, 2.75) is 39.2 Å². The number of hydrogen-bond acceptors (Lipinski definition) is 3. The number of rotatable bonds is 3. The standard InChI is InChI=1S/C29H27FN2O2/c1-29(2,3)22-10-14-24(15-11-22)32-27(33)25(20-8-12-23(30)13-9-20)26(28(32)34)31-17-16-19-6-4-5-7-21(19)18-31/h4-15H,16-18H2,1-3H3. The van der Waals surface area contributed by atoms with Crippen LogP contribution in [0.4, 0.5) is 10.1 Å². The first kappa shape index (κ1) is 22.1. The minimum absolute atomic E-state index is 0.0402. The molecule has 0 saturated carbocycles. The number of fused-ring (bicyclic) bond motifs is 1. The number of halogens is 1. The molecule has 2 aliphatic rings. The predicted octanol–water partition coefficient (Wildman–Crippen LogP) is 5.47. The Bertz CT molecular complexity index is 1300. The number of benzene rings is 3. The van der Waals surface area contributed by atoms with Crippen molar-refractivity contribution in [3.63, 3.8) is 0 Å². The van der Waals surface area contributed by atoms with Crippen LogP contribution in [0.3, 0.4) is 0 Å². The smallest absolute Gasteiger partial charge is 0.282 e. The number of amides is 2. The first-order valence-corrected chi connectivity index (χ1v) is 11.6. The second kappa shape index (κ2) is 8.24. The molecule has 0 saturated heterocycles. The van der Waals surface area contributed by atoms with E-state index in [1.807, 2.05) is 41.3 Å². The molecule has 0 N–H and O–H groups in total. The molecular weight excluding hydrogens is 427 g/mol. The van der Waals surface area contributed by atoms with Crippen LogP contribution in [0.2, 0.25) is 0 Å². The summed E-state index contributed by atoms with van der Waals surface area (Å²) in [5, 5.41) is 0. The van der Waals surface area contributed by atoms with Crippen molar-refractivity contribution in [3.05, 3.63) is 107 Å². The van der Waals surface area contributed by atoms with Gasteiger partial charge in [-0.2, -0.15) is 0 Å². The average Bonchev–Trinajstić information content (AvgIpc) is 3.08. The second-order valence-corrected chi connectivity index (χ2v) is 9.91. The number of imide groups is 1. The van der Waals surface area contributed by atoms with Gasteiger partial charge in [0.05, 0.1) is 11.3 Å². The van der Waals surface area contributed by atoms with Gasteiger partial charge >= 0.3 is 0 Å². The van der Waals surface area contributed by atoms with E-state index in [1.54, 1.807) is 12.1 Å². The molecule has 5 heteroatoms. The summed E-state index contributed by atoms with van der Waals surface area (Å²) in [7, 11) is 0. The lowest BCUT2D eigenvalue weighted by molar-refractivity contribution is -0.120. The molecule has 0 bridgehead atoms. The van der Waals surface area contributed by atoms with E-state index in [-0.39, 0.29) is 23.0 Å². The molecule has 0 unspecified atom stereocenters. The van der Waals surface area contributed by atoms with E-state index in [9.17, 15) is 14.0 Å². The molecule has 0 aromatic heterocycles. The summed E-state index contributed by atoms with van der Waals surface area (Å²) in [6.45, 7) is 7.54. The molecule has 172 valence electrons. The maximum Gasteiger partial charge on any atom is 0.282 e. The van der Waals surface area contributed by atoms with Crippen LogP contribution < -0.4 is 4.90 Å². The Morgan fingerprint density at radius 2 is 1.44 bits per heavy atom. The third kappa shape index (κ3) is 3.81. The van der Waals surface area contributed by atoms with Gasteiger partial charge < -0.3 is 4.90 Å². The Morgan fingerprint density at radius 3 is 2.09 bits per heavy atom. The minimum atomic E-state index is -0.385. The van der Waals surface area contributed by atoms with Crippen molar-refractivity contribution in [3.8, 4) is 0 Å². The van der Waals surface area contributed by atoms with Crippen LogP contribution in [0.1, 0.15) is 43.0 Å². The Morgan fingerprint density at radius 1 is 0.794 bits per heavy atom. The molecule has 2 amide bonds. The minimum Gasteiger partial charge on any atom is -0.362 e. The molecule has 34 heavy (non-hydrogen) atoms. The second-order valence-electron chi connectivity index (χ2n) is 9.91. The van der Waals surface area contributed by atoms with E-state index in [4.69, 9.17) is 0 Å². The van der Waals surface area contributed by atoms with Crippen molar-refractivity contribution in [1.29, 1.82) is 0 Å². The van der Waals surface area contributed by atoms with Gasteiger partial charge in [-0.15, -0.1) is 0 Å². The van der Waals surface area contributed by atoms with Crippen LogP contribution in [0.5, 0.6) is 0 Å². The molecular formula is C29H27FN2O2. The molecule has 3 aromatic carbocycles. The molecule has 2 aliphatic heterocycles. The quantitative estimate of drug-likeness (QED) is 0.493. The highest BCUT2D eigenvalue weighted by atomic mass is 19.1. The van der Waals surface area contributed by atoms with Crippen LogP contribution >= 0.6 is 0 Å². The van der Waals surface area contributed by atoms with Gasteiger partial charge in [-0.25, -0.2) is 9.29 Å². The lowest BCUT2D eigenvalue weighted by Gasteiger charge is -2.31. The highest BCUT2D eigenvalue weighted by molar-refractivity contribution is 6.45. The normalized spacial score (nSPS) is 16.4. The van der Waals surface area contributed by atoms with Crippen molar-refractivity contribution < 1.29 is 14.0 Å². The summed E-state index contributed by atoms with van der Waals surface area (Å²) in [6.07, 6.45) is 0.790. The molecule has 0 aliphatic carbocycles. The van der Waals surface area contributed by atoms with Gasteiger partial charge in [-0.05, 0) is 58.4 Å². The Balaban J connectivity index is 1.58. The molecule has 0 radical (unpaired) electrons. The fraction of sp³-hybridized carbons (Fsp3) is 0.241. The largest absolute Gasteiger partial charge is 0.362 e. The first-order chi connectivity index (χ1) is 16.2. The molecule has 0 spiro atoms. The fourth-order valence-corrected chi connectivity index (χ4v) is 4.72. The number of carbonyl (C=O) groups excluding carboxylic acids is 2.